The number of nitrogen functional groups attached to an aromatic ring is 1. The van der Waals surface area contributed by atoms with Crippen LogP contribution in [-0.2, 0) is 4.79 Å². The fourth-order valence-electron chi connectivity index (χ4n) is 12.2. The first kappa shape index (κ1) is 37.8. The number of nitrogens with two attached hydrogens (primary N) is 1. The van der Waals surface area contributed by atoms with E-state index in [0.29, 0.717) is 35.3 Å². The smallest absolute Gasteiger partial charge is 0.306 e. The molecule has 0 unspecified atom stereocenters. The van der Waals surface area contributed by atoms with E-state index in [1.807, 2.05) is 30.6 Å². The second kappa shape index (κ2) is 14.4. The summed E-state index contributed by atoms with van der Waals surface area (Å²) in [7, 11) is 1.64. The molecule has 6 aromatic rings. The quantitative estimate of drug-likeness (QED) is 0.124. The van der Waals surface area contributed by atoms with E-state index in [0.717, 1.165) is 83.5 Å². The van der Waals surface area contributed by atoms with Crippen LogP contribution >= 0.6 is 0 Å². The van der Waals surface area contributed by atoms with Crippen LogP contribution in [0.5, 0.6) is 5.75 Å². The Morgan fingerprint density at radius 2 is 1.76 bits per heavy atom. The van der Waals surface area contributed by atoms with E-state index in [4.69, 9.17) is 15.5 Å². The predicted molar refractivity (Wildman–Crippen MR) is 228 cm³/mol. The van der Waals surface area contributed by atoms with Gasteiger partial charge in [0.2, 0.25) is 0 Å². The van der Waals surface area contributed by atoms with Gasteiger partial charge < -0.3 is 30.2 Å². The number of anilines is 1. The molecule has 2 aromatic carbocycles. The fourth-order valence-corrected chi connectivity index (χ4v) is 12.2. The molecule has 4 aromatic heterocycles. The highest BCUT2D eigenvalue weighted by molar-refractivity contribution is 5.93. The van der Waals surface area contributed by atoms with Crippen LogP contribution in [-0.4, -0.2) is 63.5 Å². The summed E-state index contributed by atoms with van der Waals surface area (Å²) < 4.78 is 9.59. The molecule has 4 heterocycles. The van der Waals surface area contributed by atoms with E-state index in [2.05, 4.69) is 74.9 Å². The van der Waals surface area contributed by atoms with Crippen LogP contribution in [0.4, 0.5) is 5.82 Å². The Balaban J connectivity index is 0.000000143. The summed E-state index contributed by atoms with van der Waals surface area (Å²) in [6, 6.07) is 16.4. The lowest BCUT2D eigenvalue weighted by Gasteiger charge is -2.57. The number of H-pyrrole nitrogens is 1. The zero-order valence-electron chi connectivity index (χ0n) is 34.1. The molecule has 11 rings (SSSR count). The molecular formula is C47H54N8O4. The standard InChI is InChI=1S/C26H32N2O.C21H22N6O3/c1-25-13-11-18(29)15-17(25)7-8-19-20-9-10-24(26(20,2)14-12-21(19)25)28-16-27-22-5-3-4-6-23(22)28;1-30-15-4-2-3-13-9-14(25-16(13)15)17-18-19(22)23-10-24-27(18)20(26-17)11-5-7-12(8-6-11)21(28)29/h3-7,10,16,18-21,29H,8-9,11-15H2,1-2H3;2-4,9-12,25H,5-8H2,1H3,(H,28,29)(H2,22,23,24)/t18-,19-,20-,21-,25-,26-;/m0./s1. The molecule has 0 amide bonds. The molecule has 306 valence electrons. The minimum Gasteiger partial charge on any atom is -0.495 e. The number of para-hydroxylation sites is 3. The molecule has 5 aliphatic carbocycles. The third-order valence-electron chi connectivity index (χ3n) is 15.4. The number of aliphatic hydroxyl groups excluding tert-OH is 1. The molecule has 12 nitrogen and oxygen atoms in total. The number of aromatic nitrogens is 7. The Morgan fingerprint density at radius 1 is 0.949 bits per heavy atom. The van der Waals surface area contributed by atoms with Crippen molar-refractivity contribution in [3.8, 4) is 17.1 Å². The van der Waals surface area contributed by atoms with Gasteiger partial charge >= 0.3 is 5.97 Å². The minimum atomic E-state index is -0.722. The van der Waals surface area contributed by atoms with Crippen molar-refractivity contribution in [3.05, 3.63) is 84.7 Å². The van der Waals surface area contributed by atoms with E-state index in [9.17, 15) is 15.0 Å². The molecule has 59 heavy (non-hydrogen) atoms. The molecule has 5 aliphatic rings. The predicted octanol–water partition coefficient (Wildman–Crippen LogP) is 9.03. The van der Waals surface area contributed by atoms with Gasteiger partial charge in [0.15, 0.2) is 5.82 Å². The SMILES string of the molecule is COc1cccc2cc(-c3nc(C4CCC(C(=O)O)CC4)n4ncnc(N)c34)[nH]c12.C[C@]12CC[C@H](O)CC1=CC[C@@H]1[C@@H]2CC[C@]2(C)C(n3cnc4ccccc43)=CC[C@@H]12. The molecular weight excluding hydrogens is 741 g/mol. The summed E-state index contributed by atoms with van der Waals surface area (Å²) in [5, 5.41) is 24.9. The third kappa shape index (κ3) is 6.07. The molecule has 0 radical (unpaired) electrons. The van der Waals surface area contributed by atoms with Crippen LogP contribution in [0, 0.1) is 34.5 Å². The molecule has 3 fully saturated rings. The second-order valence-corrected chi connectivity index (χ2v) is 18.3. The second-order valence-electron chi connectivity index (χ2n) is 18.3. The largest absolute Gasteiger partial charge is 0.495 e. The van der Waals surface area contributed by atoms with E-state index < -0.39 is 5.97 Å². The van der Waals surface area contributed by atoms with Gasteiger partial charge in [-0.25, -0.2) is 19.5 Å². The van der Waals surface area contributed by atoms with Crippen molar-refractivity contribution in [2.75, 3.05) is 12.8 Å². The number of hydrogen-bond donors (Lipinski definition) is 4. The number of allylic oxidation sites excluding steroid dienone is 3. The number of ether oxygens (including phenoxy) is 1. The number of benzene rings is 2. The number of carboxylic acids is 1. The third-order valence-corrected chi connectivity index (χ3v) is 15.4. The monoisotopic (exact) mass is 794 g/mol. The van der Waals surface area contributed by atoms with E-state index in [1.165, 1.54) is 43.2 Å². The van der Waals surface area contributed by atoms with Crippen LogP contribution < -0.4 is 10.5 Å². The molecule has 0 saturated heterocycles. The topological polar surface area (TPSA) is 169 Å². The highest BCUT2D eigenvalue weighted by atomic mass is 16.5. The van der Waals surface area contributed by atoms with Gasteiger partial charge in [0.1, 0.15) is 35.4 Å². The van der Waals surface area contributed by atoms with Gasteiger partial charge in [-0.05, 0) is 118 Å². The molecule has 6 atom stereocenters. The normalized spacial score (nSPS) is 30.2. The molecule has 0 aliphatic heterocycles. The lowest BCUT2D eigenvalue weighted by atomic mass is 9.48. The fraction of sp³-hybridized carbons (Fsp3) is 0.468. The Kier molecular flexibility index (Phi) is 9.19. The zero-order valence-corrected chi connectivity index (χ0v) is 34.1. The van der Waals surface area contributed by atoms with Crippen molar-refractivity contribution >= 4 is 44.9 Å². The number of nitrogens with zero attached hydrogens (tertiary/aromatic N) is 6. The van der Waals surface area contributed by atoms with Crippen molar-refractivity contribution in [3.63, 3.8) is 0 Å². The summed E-state index contributed by atoms with van der Waals surface area (Å²) in [6.07, 6.45) is 19.2. The maximum atomic E-state index is 11.3. The summed E-state index contributed by atoms with van der Waals surface area (Å²) >= 11 is 0. The van der Waals surface area contributed by atoms with Crippen molar-refractivity contribution in [1.82, 2.24) is 34.1 Å². The van der Waals surface area contributed by atoms with E-state index in [-0.39, 0.29) is 23.4 Å². The highest BCUT2D eigenvalue weighted by Crippen LogP contribution is 2.65. The number of hydrogen-bond acceptors (Lipinski definition) is 8. The Hall–Kier alpha value is -5.49. The van der Waals surface area contributed by atoms with Crippen LogP contribution in [0.1, 0.15) is 96.2 Å². The summed E-state index contributed by atoms with van der Waals surface area (Å²) in [4.78, 5) is 28.5. The van der Waals surface area contributed by atoms with Gasteiger partial charge in [0, 0.05) is 22.4 Å². The lowest BCUT2D eigenvalue weighted by Crippen LogP contribution is -2.50. The highest BCUT2D eigenvalue weighted by Gasteiger charge is 2.57. The number of carbonyl (C=O) groups is 1. The van der Waals surface area contributed by atoms with Crippen molar-refractivity contribution in [2.45, 2.75) is 96.5 Å². The van der Waals surface area contributed by atoms with Crippen molar-refractivity contribution < 1.29 is 19.7 Å². The maximum Gasteiger partial charge on any atom is 0.306 e. The number of aliphatic hydroxyl groups is 1. The number of fused-ring (bicyclic) bond motifs is 8. The van der Waals surface area contributed by atoms with Crippen LogP contribution in [0.25, 0.3) is 44.5 Å². The number of imidazole rings is 2. The van der Waals surface area contributed by atoms with E-state index >= 15 is 0 Å². The average Bonchev–Trinajstić information content (AvgIpc) is 4.04. The van der Waals surface area contributed by atoms with Gasteiger partial charge in [0.25, 0.3) is 0 Å². The number of nitrogens with one attached hydrogen (secondary N) is 1. The van der Waals surface area contributed by atoms with E-state index in [1.54, 1.807) is 17.2 Å². The van der Waals surface area contributed by atoms with Crippen molar-refractivity contribution in [1.29, 1.82) is 0 Å². The van der Waals surface area contributed by atoms with Crippen LogP contribution in [0.3, 0.4) is 0 Å². The van der Waals surface area contributed by atoms with Crippen molar-refractivity contribution in [2.24, 2.45) is 34.5 Å². The number of aromatic amines is 1. The Morgan fingerprint density at radius 3 is 2.58 bits per heavy atom. The summed E-state index contributed by atoms with van der Waals surface area (Å²) in [6.45, 7) is 5.03. The zero-order chi connectivity index (χ0) is 40.6. The van der Waals surface area contributed by atoms with Gasteiger partial charge in [0.05, 0.1) is 41.4 Å². The van der Waals surface area contributed by atoms with Gasteiger partial charge in [-0.3, -0.25) is 4.79 Å². The van der Waals surface area contributed by atoms with Gasteiger partial charge in [-0.2, -0.15) is 5.10 Å². The molecule has 12 heteroatoms. The number of carboxylic acid groups (broad SMARTS) is 1. The first-order valence-electron chi connectivity index (χ1n) is 21.5. The Bertz CT molecular complexity index is 2650. The maximum absolute atomic E-state index is 11.3. The first-order valence-corrected chi connectivity index (χ1v) is 21.5. The van der Waals surface area contributed by atoms with Crippen LogP contribution in [0.2, 0.25) is 0 Å². The molecule has 0 spiro atoms. The number of rotatable bonds is 5. The summed E-state index contributed by atoms with van der Waals surface area (Å²) in [5.74, 6) is 3.27. The molecule has 0 bridgehead atoms. The molecule has 5 N–H and O–H groups in total. The van der Waals surface area contributed by atoms with Gasteiger partial charge in [-0.15, -0.1) is 0 Å². The Labute approximate surface area is 343 Å². The average molecular weight is 795 g/mol. The lowest BCUT2D eigenvalue weighted by molar-refractivity contribution is -0.142. The minimum absolute atomic E-state index is 0.117. The molecule has 3 saturated carbocycles. The summed E-state index contributed by atoms with van der Waals surface area (Å²) in [5.41, 5.74) is 15.2. The first-order chi connectivity index (χ1) is 28.6. The van der Waals surface area contributed by atoms with Gasteiger partial charge in [-0.1, -0.05) is 55.8 Å². The number of methoxy groups -OCH3 is 1. The van der Waals surface area contributed by atoms with Crippen LogP contribution in [0.15, 0.2) is 78.9 Å². The number of aliphatic carboxylic acids is 1.